The summed E-state index contributed by atoms with van der Waals surface area (Å²) in [5, 5.41) is 0.526. The highest BCUT2D eigenvalue weighted by Gasteiger charge is 2.22. The molecule has 0 N–H and O–H groups in total. The minimum absolute atomic E-state index is 0.526. The predicted octanol–water partition coefficient (Wildman–Crippen LogP) is 2.72. The van der Waals surface area contributed by atoms with Crippen LogP contribution in [0.1, 0.15) is 19.8 Å². The molecular formula is C9H11ClIN3. The molecule has 1 saturated heterocycles. The maximum atomic E-state index is 5.89. The molecular weight excluding hydrogens is 312 g/mol. The number of rotatable bonds is 1. The van der Waals surface area contributed by atoms with E-state index in [1.54, 1.807) is 0 Å². The van der Waals surface area contributed by atoms with Crippen LogP contribution < -0.4 is 4.90 Å². The zero-order valence-electron chi connectivity index (χ0n) is 7.87. The molecule has 1 aromatic heterocycles. The van der Waals surface area contributed by atoms with Crippen molar-refractivity contribution >= 4 is 40.0 Å². The third-order valence-electron chi connectivity index (χ3n) is 2.50. The molecule has 1 fully saturated rings. The van der Waals surface area contributed by atoms with Gasteiger partial charge in [0.25, 0.3) is 0 Å². The Bertz CT molecular complexity index is 325. The fourth-order valence-corrected chi connectivity index (χ4v) is 2.63. The Balaban J connectivity index is 2.31. The van der Waals surface area contributed by atoms with Gasteiger partial charge in [0.2, 0.25) is 0 Å². The molecule has 1 aliphatic heterocycles. The third-order valence-corrected chi connectivity index (χ3v) is 3.18. The normalized spacial score (nSPS) is 21.6. The number of hydrogen-bond donors (Lipinski definition) is 0. The lowest BCUT2D eigenvalue weighted by Crippen LogP contribution is -2.27. The van der Waals surface area contributed by atoms with Crippen LogP contribution in [-0.4, -0.2) is 22.6 Å². The number of hydrogen-bond acceptors (Lipinski definition) is 3. The zero-order valence-corrected chi connectivity index (χ0v) is 10.8. The van der Waals surface area contributed by atoms with Gasteiger partial charge in [0.15, 0.2) is 3.83 Å². The summed E-state index contributed by atoms with van der Waals surface area (Å²) >= 11 is 7.98. The zero-order chi connectivity index (χ0) is 10.1. The second-order valence-corrected chi connectivity index (χ2v) is 4.85. The molecule has 0 bridgehead atoms. The van der Waals surface area contributed by atoms with E-state index in [2.05, 4.69) is 44.4 Å². The first kappa shape index (κ1) is 10.4. The molecule has 76 valence electrons. The van der Waals surface area contributed by atoms with Crippen LogP contribution in [0.5, 0.6) is 0 Å². The Labute approximate surface area is 102 Å². The monoisotopic (exact) mass is 323 g/mol. The van der Waals surface area contributed by atoms with E-state index < -0.39 is 0 Å². The van der Waals surface area contributed by atoms with Gasteiger partial charge in [-0.2, -0.15) is 0 Å². The third kappa shape index (κ3) is 2.11. The van der Waals surface area contributed by atoms with E-state index in [9.17, 15) is 0 Å². The Hall–Kier alpha value is -0.100. The second kappa shape index (κ2) is 4.18. The Morgan fingerprint density at radius 2 is 2.36 bits per heavy atom. The van der Waals surface area contributed by atoms with Crippen LogP contribution in [0.25, 0.3) is 0 Å². The first-order valence-electron chi connectivity index (χ1n) is 4.63. The topological polar surface area (TPSA) is 29.0 Å². The molecule has 1 atom stereocenters. The maximum Gasteiger partial charge on any atom is 0.194 e. The number of aromatic nitrogens is 2. The second-order valence-electron chi connectivity index (χ2n) is 3.50. The molecule has 5 heteroatoms. The number of anilines is 1. The van der Waals surface area contributed by atoms with Crippen LogP contribution in [0.4, 0.5) is 5.82 Å². The van der Waals surface area contributed by atoms with Crippen molar-refractivity contribution in [1.29, 1.82) is 0 Å². The van der Waals surface area contributed by atoms with Crippen molar-refractivity contribution in [3.63, 3.8) is 0 Å². The van der Waals surface area contributed by atoms with Crippen molar-refractivity contribution in [2.75, 3.05) is 11.4 Å². The molecule has 1 aromatic rings. The van der Waals surface area contributed by atoms with Crippen molar-refractivity contribution in [3.05, 3.63) is 15.1 Å². The Morgan fingerprint density at radius 3 is 2.93 bits per heavy atom. The van der Waals surface area contributed by atoms with Gasteiger partial charge in [0.05, 0.1) is 0 Å². The molecule has 0 aliphatic carbocycles. The number of nitrogens with zero attached hydrogens (tertiary/aromatic N) is 3. The van der Waals surface area contributed by atoms with Crippen molar-refractivity contribution in [2.45, 2.75) is 25.8 Å². The van der Waals surface area contributed by atoms with Crippen LogP contribution in [-0.2, 0) is 0 Å². The summed E-state index contributed by atoms with van der Waals surface area (Å²) in [6.07, 6.45) is 2.47. The largest absolute Gasteiger partial charge is 0.354 e. The summed E-state index contributed by atoms with van der Waals surface area (Å²) in [5.41, 5.74) is 0. The van der Waals surface area contributed by atoms with Crippen molar-refractivity contribution in [1.82, 2.24) is 9.97 Å². The van der Waals surface area contributed by atoms with Crippen LogP contribution in [0.3, 0.4) is 0 Å². The van der Waals surface area contributed by atoms with E-state index in [4.69, 9.17) is 11.6 Å². The van der Waals surface area contributed by atoms with Gasteiger partial charge in [-0.05, 0) is 19.8 Å². The summed E-state index contributed by atoms with van der Waals surface area (Å²) in [5.74, 6) is 0.958. The molecule has 0 aromatic carbocycles. The number of halogens is 2. The molecule has 3 nitrogen and oxygen atoms in total. The van der Waals surface area contributed by atoms with E-state index >= 15 is 0 Å². The average Bonchev–Trinajstić information content (AvgIpc) is 2.49. The summed E-state index contributed by atoms with van der Waals surface area (Å²) in [4.78, 5) is 10.7. The van der Waals surface area contributed by atoms with E-state index in [0.29, 0.717) is 15.0 Å². The highest BCUT2D eigenvalue weighted by atomic mass is 127. The lowest BCUT2D eigenvalue weighted by Gasteiger charge is -2.22. The van der Waals surface area contributed by atoms with Crippen LogP contribution in [0.15, 0.2) is 6.07 Å². The molecule has 1 aliphatic rings. The maximum absolute atomic E-state index is 5.89. The summed E-state index contributed by atoms with van der Waals surface area (Å²) in [6, 6.07) is 2.41. The van der Waals surface area contributed by atoms with Gasteiger partial charge in [-0.1, -0.05) is 11.6 Å². The van der Waals surface area contributed by atoms with Crippen LogP contribution >= 0.6 is 34.2 Å². The average molecular weight is 324 g/mol. The van der Waals surface area contributed by atoms with Gasteiger partial charge < -0.3 is 4.90 Å². The fraction of sp³-hybridized carbons (Fsp3) is 0.556. The molecule has 0 saturated carbocycles. The highest BCUT2D eigenvalue weighted by Crippen LogP contribution is 2.25. The van der Waals surface area contributed by atoms with Gasteiger partial charge in [-0.15, -0.1) is 0 Å². The lowest BCUT2D eigenvalue weighted by atomic mass is 10.2. The minimum Gasteiger partial charge on any atom is -0.354 e. The summed E-state index contributed by atoms with van der Waals surface area (Å²) < 4.78 is 0.712. The van der Waals surface area contributed by atoms with Crippen molar-refractivity contribution in [2.24, 2.45) is 0 Å². The minimum atomic E-state index is 0.526. The van der Waals surface area contributed by atoms with Crippen molar-refractivity contribution in [3.8, 4) is 0 Å². The molecule has 0 spiro atoms. The molecule has 1 unspecified atom stereocenters. The molecule has 14 heavy (non-hydrogen) atoms. The lowest BCUT2D eigenvalue weighted by molar-refractivity contribution is 0.724. The summed E-state index contributed by atoms with van der Waals surface area (Å²) in [6.45, 7) is 3.29. The highest BCUT2D eigenvalue weighted by molar-refractivity contribution is 14.1. The van der Waals surface area contributed by atoms with E-state index in [-0.39, 0.29) is 0 Å². The van der Waals surface area contributed by atoms with Gasteiger partial charge >= 0.3 is 0 Å². The van der Waals surface area contributed by atoms with E-state index in [0.717, 1.165) is 12.4 Å². The quantitative estimate of drug-likeness (QED) is 0.452. The molecule has 2 heterocycles. The SMILES string of the molecule is CC1CCCN1c1cc(Cl)nc(I)n1. The van der Waals surface area contributed by atoms with Crippen LogP contribution in [0.2, 0.25) is 5.15 Å². The van der Waals surface area contributed by atoms with E-state index in [1.807, 2.05) is 6.07 Å². The van der Waals surface area contributed by atoms with Crippen LogP contribution in [0, 0.1) is 3.83 Å². The standard InChI is InChI=1S/C9H11ClIN3/c1-6-3-2-4-14(6)8-5-7(10)12-9(11)13-8/h5-6H,2-4H2,1H3. The molecule has 0 amide bonds. The van der Waals surface area contributed by atoms with Gasteiger partial charge in [-0.3, -0.25) is 0 Å². The van der Waals surface area contributed by atoms with Crippen molar-refractivity contribution < 1.29 is 0 Å². The van der Waals surface area contributed by atoms with Gasteiger partial charge in [-0.25, -0.2) is 9.97 Å². The molecule has 0 radical (unpaired) electrons. The van der Waals surface area contributed by atoms with Gasteiger partial charge in [0.1, 0.15) is 11.0 Å². The predicted molar refractivity (Wildman–Crippen MR) is 65.8 cm³/mol. The Morgan fingerprint density at radius 1 is 1.57 bits per heavy atom. The first-order chi connectivity index (χ1) is 6.66. The smallest absolute Gasteiger partial charge is 0.194 e. The molecule has 2 rings (SSSR count). The van der Waals surface area contributed by atoms with Gasteiger partial charge in [0, 0.05) is 41.2 Å². The Kier molecular flexibility index (Phi) is 3.11. The van der Waals surface area contributed by atoms with E-state index in [1.165, 1.54) is 12.8 Å². The summed E-state index contributed by atoms with van der Waals surface area (Å²) in [7, 11) is 0. The first-order valence-corrected chi connectivity index (χ1v) is 6.09. The fourth-order valence-electron chi connectivity index (χ4n) is 1.80.